The van der Waals surface area contributed by atoms with E-state index in [1.54, 1.807) is 0 Å². The number of aromatic nitrogens is 3. The molecule has 1 heterocycles. The van der Waals surface area contributed by atoms with E-state index in [0.29, 0.717) is 12.0 Å². The number of nitrogens with one attached hydrogen (secondary N) is 1. The number of nitrogens with zero attached hydrogens (tertiary/aromatic N) is 2. The molecule has 0 bridgehead atoms. The maximum absolute atomic E-state index is 11.1. The lowest BCUT2D eigenvalue weighted by molar-refractivity contribution is 0.0678. The number of carbonyl (C=O) groups is 1. The molecule has 0 unspecified atom stereocenters. The van der Waals surface area contributed by atoms with Crippen LogP contribution in [-0.2, 0) is 0 Å². The Balaban J connectivity index is 1.31. The predicted octanol–water partition coefficient (Wildman–Crippen LogP) is 3.15. The summed E-state index contributed by atoms with van der Waals surface area (Å²) in [6.45, 7) is 0. The second kappa shape index (κ2) is 6.74. The number of carboxylic acid groups (broad SMARTS) is 1. The van der Waals surface area contributed by atoms with E-state index in [-0.39, 0.29) is 17.7 Å². The van der Waals surface area contributed by atoms with Gasteiger partial charge in [-0.05, 0) is 62.1 Å². The van der Waals surface area contributed by atoms with E-state index >= 15 is 0 Å². The van der Waals surface area contributed by atoms with Gasteiger partial charge in [-0.25, -0.2) is 9.89 Å². The molecule has 7 heteroatoms. The van der Waals surface area contributed by atoms with E-state index in [9.17, 15) is 4.79 Å². The SMILES string of the molecule is O=C(O)c1[nH]nnc1OC1CCC(c2ccc(OC3CC3)cc2)CC1. The van der Waals surface area contributed by atoms with E-state index < -0.39 is 5.97 Å². The molecule has 0 amide bonds. The summed E-state index contributed by atoms with van der Waals surface area (Å²) in [5.41, 5.74) is 1.24. The summed E-state index contributed by atoms with van der Waals surface area (Å²) in [5.74, 6) is 0.432. The van der Waals surface area contributed by atoms with Gasteiger partial charge in [0, 0.05) is 0 Å². The molecule has 2 aromatic rings. The Morgan fingerprint density at radius 3 is 2.28 bits per heavy atom. The Bertz CT molecular complexity index is 731. The van der Waals surface area contributed by atoms with Gasteiger partial charge in [0.1, 0.15) is 11.9 Å². The predicted molar refractivity (Wildman–Crippen MR) is 89.1 cm³/mol. The summed E-state index contributed by atoms with van der Waals surface area (Å²) in [6, 6.07) is 8.43. The van der Waals surface area contributed by atoms with Crippen LogP contribution >= 0.6 is 0 Å². The minimum atomic E-state index is -1.11. The minimum absolute atomic E-state index is 0.0167. The molecule has 2 aliphatic carbocycles. The van der Waals surface area contributed by atoms with Gasteiger partial charge in [-0.2, -0.15) is 0 Å². The summed E-state index contributed by atoms with van der Waals surface area (Å²) in [6.07, 6.45) is 6.50. The molecule has 0 spiro atoms. The third-order valence-electron chi connectivity index (χ3n) is 4.86. The van der Waals surface area contributed by atoms with Crippen LogP contribution in [0.2, 0.25) is 0 Å². The number of aromatic amines is 1. The zero-order valence-electron chi connectivity index (χ0n) is 13.9. The molecule has 2 fully saturated rings. The van der Waals surface area contributed by atoms with Gasteiger partial charge < -0.3 is 14.6 Å². The molecular weight excluding hydrogens is 322 g/mol. The molecule has 1 aromatic heterocycles. The third-order valence-corrected chi connectivity index (χ3v) is 4.86. The van der Waals surface area contributed by atoms with E-state index in [1.165, 1.54) is 18.4 Å². The van der Waals surface area contributed by atoms with Crippen molar-refractivity contribution < 1.29 is 19.4 Å². The summed E-state index contributed by atoms with van der Waals surface area (Å²) in [5, 5.41) is 18.6. The first kappa shape index (κ1) is 15.9. The normalized spacial score (nSPS) is 23.2. The van der Waals surface area contributed by atoms with E-state index in [4.69, 9.17) is 14.6 Å². The topological polar surface area (TPSA) is 97.3 Å². The standard InChI is InChI=1S/C18H21N3O4/c22-18(23)16-17(20-21-19-16)25-15-7-3-12(4-8-15)11-1-5-13(6-2-11)24-14-9-10-14/h1-2,5-6,12,14-15H,3-4,7-10H2,(H,22,23)(H,19,20,21). The summed E-state index contributed by atoms with van der Waals surface area (Å²) in [7, 11) is 0. The van der Waals surface area contributed by atoms with Gasteiger partial charge in [-0.15, -0.1) is 0 Å². The van der Waals surface area contributed by atoms with Gasteiger partial charge >= 0.3 is 5.97 Å². The highest BCUT2D eigenvalue weighted by Gasteiger charge is 2.27. The lowest BCUT2D eigenvalue weighted by Gasteiger charge is -2.28. The van der Waals surface area contributed by atoms with Crippen molar-refractivity contribution in [1.82, 2.24) is 15.4 Å². The number of aromatic carboxylic acids is 1. The molecule has 0 atom stereocenters. The van der Waals surface area contributed by atoms with Crippen LogP contribution in [0.15, 0.2) is 24.3 Å². The quantitative estimate of drug-likeness (QED) is 0.836. The van der Waals surface area contributed by atoms with Gasteiger partial charge in [0.15, 0.2) is 0 Å². The van der Waals surface area contributed by atoms with Gasteiger partial charge in [0.2, 0.25) is 5.69 Å². The Hall–Kier alpha value is -2.57. The highest BCUT2D eigenvalue weighted by molar-refractivity contribution is 5.87. The molecule has 2 N–H and O–H groups in total. The van der Waals surface area contributed by atoms with Crippen LogP contribution in [0.3, 0.4) is 0 Å². The first-order valence-electron chi connectivity index (χ1n) is 8.76. The van der Waals surface area contributed by atoms with Crippen molar-refractivity contribution in [3.05, 3.63) is 35.5 Å². The van der Waals surface area contributed by atoms with Crippen molar-refractivity contribution in [2.24, 2.45) is 0 Å². The molecule has 0 aliphatic heterocycles. The fraction of sp³-hybridized carbons (Fsp3) is 0.500. The van der Waals surface area contributed by atoms with Crippen LogP contribution in [-0.4, -0.2) is 38.7 Å². The highest BCUT2D eigenvalue weighted by Crippen LogP contribution is 2.35. The van der Waals surface area contributed by atoms with Gasteiger partial charge in [-0.3, -0.25) is 0 Å². The first-order valence-corrected chi connectivity index (χ1v) is 8.76. The Morgan fingerprint density at radius 2 is 1.64 bits per heavy atom. The summed E-state index contributed by atoms with van der Waals surface area (Å²) < 4.78 is 11.5. The van der Waals surface area contributed by atoms with Crippen molar-refractivity contribution in [1.29, 1.82) is 0 Å². The second-order valence-corrected chi connectivity index (χ2v) is 6.77. The molecule has 25 heavy (non-hydrogen) atoms. The zero-order valence-corrected chi connectivity index (χ0v) is 13.9. The average molecular weight is 343 g/mol. The number of hydrogen-bond acceptors (Lipinski definition) is 5. The first-order chi connectivity index (χ1) is 12.2. The Labute approximate surface area is 145 Å². The lowest BCUT2D eigenvalue weighted by atomic mass is 9.83. The van der Waals surface area contributed by atoms with Crippen LogP contribution < -0.4 is 9.47 Å². The van der Waals surface area contributed by atoms with Crippen LogP contribution in [0.25, 0.3) is 0 Å². The number of hydrogen-bond donors (Lipinski definition) is 2. The Morgan fingerprint density at radius 1 is 1.00 bits per heavy atom. The number of H-pyrrole nitrogens is 1. The van der Waals surface area contributed by atoms with E-state index in [1.807, 2.05) is 0 Å². The zero-order chi connectivity index (χ0) is 17.2. The van der Waals surface area contributed by atoms with Crippen molar-refractivity contribution in [2.75, 3.05) is 0 Å². The summed E-state index contributed by atoms with van der Waals surface area (Å²) >= 11 is 0. The molecule has 4 rings (SSSR count). The van der Waals surface area contributed by atoms with E-state index in [0.717, 1.165) is 31.4 Å². The van der Waals surface area contributed by atoms with Crippen LogP contribution in [0.1, 0.15) is 60.5 Å². The molecule has 1 aromatic carbocycles. The van der Waals surface area contributed by atoms with Crippen molar-refractivity contribution in [3.8, 4) is 11.6 Å². The molecule has 0 saturated heterocycles. The van der Waals surface area contributed by atoms with Crippen molar-refractivity contribution in [2.45, 2.75) is 56.7 Å². The molecule has 2 aliphatic rings. The maximum Gasteiger partial charge on any atom is 0.359 e. The number of ether oxygens (including phenoxy) is 2. The fourth-order valence-corrected chi connectivity index (χ4v) is 3.31. The van der Waals surface area contributed by atoms with Crippen molar-refractivity contribution >= 4 is 5.97 Å². The fourth-order valence-electron chi connectivity index (χ4n) is 3.31. The molecule has 132 valence electrons. The van der Waals surface area contributed by atoms with Crippen LogP contribution in [0, 0.1) is 0 Å². The van der Waals surface area contributed by atoms with Gasteiger partial charge in [0.25, 0.3) is 5.88 Å². The third kappa shape index (κ3) is 3.75. The van der Waals surface area contributed by atoms with E-state index in [2.05, 4.69) is 39.7 Å². The molecule has 0 radical (unpaired) electrons. The highest BCUT2D eigenvalue weighted by atomic mass is 16.5. The average Bonchev–Trinajstić information content (AvgIpc) is 3.31. The van der Waals surface area contributed by atoms with Crippen LogP contribution in [0.5, 0.6) is 11.6 Å². The van der Waals surface area contributed by atoms with Crippen LogP contribution in [0.4, 0.5) is 0 Å². The van der Waals surface area contributed by atoms with Gasteiger partial charge in [-0.1, -0.05) is 22.4 Å². The minimum Gasteiger partial charge on any atom is -0.490 e. The molecule has 2 saturated carbocycles. The monoisotopic (exact) mass is 343 g/mol. The number of benzene rings is 1. The number of carboxylic acids is 1. The molecule has 7 nitrogen and oxygen atoms in total. The lowest BCUT2D eigenvalue weighted by Crippen LogP contribution is -2.24. The summed E-state index contributed by atoms with van der Waals surface area (Å²) in [4.78, 5) is 11.1. The second-order valence-electron chi connectivity index (χ2n) is 6.77. The Kier molecular flexibility index (Phi) is 4.29. The van der Waals surface area contributed by atoms with Gasteiger partial charge in [0.05, 0.1) is 6.10 Å². The largest absolute Gasteiger partial charge is 0.490 e. The maximum atomic E-state index is 11.1. The number of rotatable bonds is 6. The smallest absolute Gasteiger partial charge is 0.359 e. The van der Waals surface area contributed by atoms with Crippen molar-refractivity contribution in [3.63, 3.8) is 0 Å². The molecular formula is C18H21N3O4.